The Morgan fingerprint density at radius 1 is 1.03 bits per heavy atom. The number of pyridine rings is 1. The number of fused-ring (bicyclic) bond motifs is 1. The van der Waals surface area contributed by atoms with E-state index in [-0.39, 0.29) is 47.4 Å². The number of alkyl halides is 2. The van der Waals surface area contributed by atoms with E-state index in [1.807, 2.05) is 18.2 Å². The lowest BCUT2D eigenvalue weighted by atomic mass is 9.72. The van der Waals surface area contributed by atoms with E-state index >= 15 is 0 Å². The van der Waals surface area contributed by atoms with Crippen LogP contribution in [0, 0.1) is 17.8 Å². The van der Waals surface area contributed by atoms with Gasteiger partial charge in [-0.3, -0.25) is 33.5 Å². The molecule has 1 aromatic carbocycles. The van der Waals surface area contributed by atoms with Gasteiger partial charge < -0.3 is 19.8 Å². The van der Waals surface area contributed by atoms with Crippen LogP contribution in [-0.2, 0) is 27.8 Å². The molecule has 1 unspecified atom stereocenters. The van der Waals surface area contributed by atoms with Crippen molar-refractivity contribution in [2.24, 2.45) is 24.8 Å². The van der Waals surface area contributed by atoms with E-state index in [0.29, 0.717) is 47.7 Å². The molecular formula is C44H51F2N9O6. The number of aryl methyl sites for hydroxylation is 2. The van der Waals surface area contributed by atoms with Gasteiger partial charge >= 0.3 is 5.69 Å². The van der Waals surface area contributed by atoms with Crippen LogP contribution in [0.4, 0.5) is 20.3 Å². The molecule has 3 amide bonds. The van der Waals surface area contributed by atoms with Crippen molar-refractivity contribution in [1.82, 2.24) is 34.2 Å². The number of nitrogens with zero attached hydrogens (tertiary/aromatic N) is 6. The summed E-state index contributed by atoms with van der Waals surface area (Å²) < 4.78 is 44.8. The van der Waals surface area contributed by atoms with Crippen LogP contribution in [-0.4, -0.2) is 65.9 Å². The van der Waals surface area contributed by atoms with Crippen LogP contribution in [0.25, 0.3) is 22.5 Å². The second kappa shape index (κ2) is 17.3. The number of halogens is 2. The second-order valence-corrected chi connectivity index (χ2v) is 17.3. The van der Waals surface area contributed by atoms with E-state index < -0.39 is 30.0 Å². The van der Waals surface area contributed by atoms with Gasteiger partial charge in [0.2, 0.25) is 17.7 Å². The molecule has 1 atom stereocenters. The number of ether oxygens (including phenoxy) is 1. The maximum Gasteiger partial charge on any atom is 0.329 e. The first-order chi connectivity index (χ1) is 29.6. The Hall–Kier alpha value is -5.71. The monoisotopic (exact) mass is 839 g/mol. The van der Waals surface area contributed by atoms with Crippen LogP contribution in [0.1, 0.15) is 117 Å². The third-order valence-corrected chi connectivity index (χ3v) is 12.9. The third-order valence-electron chi connectivity index (χ3n) is 12.9. The molecule has 3 aliphatic carbocycles. The van der Waals surface area contributed by atoms with Gasteiger partial charge in [0.1, 0.15) is 18.1 Å². The predicted octanol–water partition coefficient (Wildman–Crippen LogP) is 7.13. The number of hydrogen-bond acceptors (Lipinski definition) is 10. The lowest BCUT2D eigenvalue weighted by molar-refractivity contribution is -0.135. The Balaban J connectivity index is 0.716. The number of para-hydroxylation sites is 1. The number of carbonyl (C=O) groups excluding carboxylic acids is 3. The number of imidazole rings is 1. The average Bonchev–Trinajstić information content (AvgIpc) is 3.64. The summed E-state index contributed by atoms with van der Waals surface area (Å²) in [5.74, 6) is 1.32. The van der Waals surface area contributed by atoms with Gasteiger partial charge in [0, 0.05) is 44.6 Å². The molecule has 61 heavy (non-hydrogen) atoms. The van der Waals surface area contributed by atoms with Crippen LogP contribution >= 0.6 is 0 Å². The Bertz CT molecular complexity index is 2470. The van der Waals surface area contributed by atoms with E-state index in [9.17, 15) is 28.0 Å². The fourth-order valence-electron chi connectivity index (χ4n) is 9.36. The van der Waals surface area contributed by atoms with Gasteiger partial charge in [0.25, 0.3) is 12.3 Å². The number of oxazole rings is 1. The summed E-state index contributed by atoms with van der Waals surface area (Å²) in [6, 6.07) is 8.55. The number of piperidine rings is 1. The van der Waals surface area contributed by atoms with Crippen LogP contribution in [0.3, 0.4) is 0 Å². The third kappa shape index (κ3) is 8.88. The van der Waals surface area contributed by atoms with Gasteiger partial charge in [0.05, 0.1) is 28.9 Å². The molecule has 1 saturated heterocycles. The van der Waals surface area contributed by atoms with E-state index in [1.165, 1.54) is 29.9 Å². The lowest BCUT2D eigenvalue weighted by Crippen LogP contribution is -2.44. The first kappa shape index (κ1) is 40.7. The number of rotatable bonds is 16. The quantitative estimate of drug-likeness (QED) is 0.0684. The van der Waals surface area contributed by atoms with Crippen LogP contribution < -0.4 is 21.6 Å². The molecule has 0 spiro atoms. The highest BCUT2D eigenvalue weighted by Crippen LogP contribution is 2.42. The molecule has 4 aliphatic rings. The molecule has 17 heteroatoms. The van der Waals surface area contributed by atoms with Crippen LogP contribution in [0.5, 0.6) is 0 Å². The zero-order valence-electron chi connectivity index (χ0n) is 34.2. The number of carbonyl (C=O) groups is 3. The Labute approximate surface area is 350 Å². The van der Waals surface area contributed by atoms with Crippen molar-refractivity contribution < 1.29 is 32.3 Å². The minimum Gasteiger partial charge on any atom is -0.444 e. The van der Waals surface area contributed by atoms with Gasteiger partial charge in [-0.15, -0.1) is 0 Å². The summed E-state index contributed by atoms with van der Waals surface area (Å²) >= 11 is 0. The van der Waals surface area contributed by atoms with Crippen molar-refractivity contribution in [2.75, 3.05) is 23.8 Å². The number of amides is 3. The van der Waals surface area contributed by atoms with E-state index in [0.717, 1.165) is 75.4 Å². The minimum absolute atomic E-state index is 0.0279. The van der Waals surface area contributed by atoms with Gasteiger partial charge in [-0.25, -0.2) is 23.5 Å². The summed E-state index contributed by atoms with van der Waals surface area (Å²) in [5.41, 5.74) is 2.36. The fraction of sp³-hybridized carbons (Fsp3) is 0.523. The van der Waals surface area contributed by atoms with Crippen LogP contribution in [0.15, 0.2) is 58.2 Å². The number of benzene rings is 1. The average molecular weight is 840 g/mol. The zero-order valence-corrected chi connectivity index (χ0v) is 34.2. The summed E-state index contributed by atoms with van der Waals surface area (Å²) in [6.07, 6.45) is 12.9. The highest BCUT2D eigenvalue weighted by atomic mass is 19.3. The molecule has 1 aliphatic heterocycles. The second-order valence-electron chi connectivity index (χ2n) is 17.3. The molecular weight excluding hydrogens is 789 g/mol. The standard InChI is InChI=1S/C44H51F2N9O6/c1-53-39-28(4-2-6-34(39)55(44(53)59)35-13-14-37(56)51-42(35)58)5-3-17-60-31-19-27(20-31)18-25-9-11-30(12-10-25)54-23-32(38(52-54)40(45)46)49-41(57)33-24-61-43(50-33)29-15-16-47-36(21-29)48-22-26-7-8-26/h2,4,6,15-16,21,23-27,30-31,35,40H,3,5,7-14,17-20,22H2,1H3,(H,47,48)(H,49,57)(H,51,56,58). The maximum absolute atomic E-state index is 14.1. The van der Waals surface area contributed by atoms with Crippen molar-refractivity contribution in [3.05, 3.63) is 76.4 Å². The predicted molar refractivity (Wildman–Crippen MR) is 221 cm³/mol. The summed E-state index contributed by atoms with van der Waals surface area (Å²) in [4.78, 5) is 59.3. The van der Waals surface area contributed by atoms with E-state index in [2.05, 4.69) is 31.0 Å². The number of aromatic nitrogens is 6. The van der Waals surface area contributed by atoms with Crippen molar-refractivity contribution >= 4 is 40.3 Å². The maximum atomic E-state index is 14.1. The number of hydrogen-bond donors (Lipinski definition) is 3. The van der Waals surface area contributed by atoms with Crippen LogP contribution in [0.2, 0.25) is 0 Å². The van der Waals surface area contributed by atoms with Gasteiger partial charge in [-0.05, 0) is 119 Å². The molecule has 4 fully saturated rings. The molecule has 0 radical (unpaired) electrons. The molecule has 15 nitrogen and oxygen atoms in total. The van der Waals surface area contributed by atoms with Gasteiger partial charge in [-0.1, -0.05) is 12.1 Å². The van der Waals surface area contributed by atoms with Crippen molar-refractivity contribution in [3.8, 4) is 11.5 Å². The number of nitrogens with one attached hydrogen (secondary N) is 3. The Kier molecular flexibility index (Phi) is 11.6. The topological polar surface area (TPSA) is 180 Å². The minimum atomic E-state index is -2.86. The molecule has 5 heterocycles. The van der Waals surface area contributed by atoms with E-state index in [4.69, 9.17) is 9.15 Å². The summed E-state index contributed by atoms with van der Waals surface area (Å²) in [5, 5.41) is 12.5. The molecule has 4 aromatic heterocycles. The molecule has 9 rings (SSSR count). The van der Waals surface area contributed by atoms with Crippen molar-refractivity contribution in [1.29, 1.82) is 0 Å². The van der Waals surface area contributed by atoms with Gasteiger partial charge in [0.15, 0.2) is 11.4 Å². The molecule has 322 valence electrons. The molecule has 3 saturated carbocycles. The zero-order chi connectivity index (χ0) is 42.2. The fourth-order valence-corrected chi connectivity index (χ4v) is 9.36. The largest absolute Gasteiger partial charge is 0.444 e. The lowest BCUT2D eigenvalue weighted by Gasteiger charge is -2.39. The number of imide groups is 1. The summed E-state index contributed by atoms with van der Waals surface area (Å²) in [7, 11) is 1.72. The summed E-state index contributed by atoms with van der Waals surface area (Å²) in [6.45, 7) is 1.46. The Morgan fingerprint density at radius 2 is 1.84 bits per heavy atom. The molecule has 5 aromatic rings. The normalized spacial score (nSPS) is 23.0. The first-order valence-electron chi connectivity index (χ1n) is 21.6. The first-order valence-corrected chi connectivity index (χ1v) is 21.6. The molecule has 3 N–H and O–H groups in total. The highest BCUT2D eigenvalue weighted by molar-refractivity contribution is 6.03. The number of anilines is 2. The smallest absolute Gasteiger partial charge is 0.329 e. The molecule has 0 bridgehead atoms. The van der Waals surface area contributed by atoms with Gasteiger partial charge in [-0.2, -0.15) is 5.10 Å². The van der Waals surface area contributed by atoms with E-state index in [1.54, 1.807) is 34.6 Å². The van der Waals surface area contributed by atoms with Crippen molar-refractivity contribution in [2.45, 2.75) is 108 Å². The Morgan fingerprint density at radius 3 is 2.61 bits per heavy atom. The van der Waals surface area contributed by atoms with Crippen molar-refractivity contribution in [3.63, 3.8) is 0 Å². The highest BCUT2D eigenvalue weighted by Gasteiger charge is 2.35. The SMILES string of the molecule is Cn1c(=O)n(C2CCC(=O)NC2=O)c2cccc(CCCOC3CC(CC4CCC(n5cc(NC(=O)c6coc(-c7ccnc(NCC8CC8)c7)n6)c(C(F)F)n5)CC4)C3)c21.